The van der Waals surface area contributed by atoms with Crippen LogP contribution in [0, 0.1) is 0 Å². The number of aliphatic hydroxyl groups is 2. The molecule has 0 aliphatic heterocycles. The molecule has 0 rings (SSSR count). The zero-order chi connectivity index (χ0) is 11.2. The van der Waals surface area contributed by atoms with Gasteiger partial charge in [-0.2, -0.15) is 0 Å². The Morgan fingerprint density at radius 3 is 2.36 bits per heavy atom. The van der Waals surface area contributed by atoms with Crippen molar-refractivity contribution >= 4 is 0 Å². The third-order valence-corrected chi connectivity index (χ3v) is 2.28. The maximum absolute atomic E-state index is 9.80. The summed E-state index contributed by atoms with van der Waals surface area (Å²) in [5, 5.41) is 22.0. The van der Waals surface area contributed by atoms with E-state index in [0.29, 0.717) is 0 Å². The highest BCUT2D eigenvalue weighted by Crippen LogP contribution is 2.09. The van der Waals surface area contributed by atoms with Crippen molar-refractivity contribution < 1.29 is 10.2 Å². The third kappa shape index (κ3) is 4.91. The summed E-state index contributed by atoms with van der Waals surface area (Å²) in [6.45, 7) is 6.31. The van der Waals surface area contributed by atoms with Gasteiger partial charge in [-0.15, -0.1) is 0 Å². The Labute approximate surface area is 86.5 Å². The molecule has 14 heavy (non-hydrogen) atoms. The Kier molecular flexibility index (Phi) is 6.27. The van der Waals surface area contributed by atoms with Gasteiger partial charge in [0.2, 0.25) is 0 Å². The highest BCUT2D eigenvalue weighted by atomic mass is 16.3. The Morgan fingerprint density at radius 2 is 2.00 bits per heavy atom. The van der Waals surface area contributed by atoms with Gasteiger partial charge < -0.3 is 21.3 Å². The van der Waals surface area contributed by atoms with Gasteiger partial charge in [-0.3, -0.25) is 0 Å². The number of nitrogens with one attached hydrogen (secondary N) is 1. The molecule has 2 atom stereocenters. The van der Waals surface area contributed by atoms with Gasteiger partial charge in [0.15, 0.2) is 0 Å². The number of hydrogen-bond donors (Lipinski definition) is 4. The van der Waals surface area contributed by atoms with Crippen molar-refractivity contribution in [1.82, 2.24) is 5.32 Å². The van der Waals surface area contributed by atoms with E-state index < -0.39 is 11.6 Å². The lowest BCUT2D eigenvalue weighted by atomic mass is 9.93. The monoisotopic (exact) mass is 204 g/mol. The summed E-state index contributed by atoms with van der Waals surface area (Å²) in [6, 6.07) is -0.332. The van der Waals surface area contributed by atoms with Gasteiger partial charge >= 0.3 is 0 Å². The van der Waals surface area contributed by atoms with Crippen LogP contribution in [0.25, 0.3) is 0 Å². The number of aliphatic hydroxyl groups excluding tert-OH is 2. The van der Waals surface area contributed by atoms with Crippen LogP contribution in [-0.4, -0.2) is 41.0 Å². The van der Waals surface area contributed by atoms with Crippen LogP contribution >= 0.6 is 0 Å². The smallest absolute Gasteiger partial charge is 0.0889 e. The van der Waals surface area contributed by atoms with Crippen molar-refractivity contribution in [3.8, 4) is 0 Å². The molecule has 86 valence electrons. The van der Waals surface area contributed by atoms with E-state index in [-0.39, 0.29) is 12.6 Å². The largest absolute Gasteiger partial charge is 0.395 e. The highest BCUT2D eigenvalue weighted by molar-refractivity contribution is 4.90. The van der Waals surface area contributed by atoms with Crippen LogP contribution in [0.1, 0.15) is 33.6 Å². The average molecular weight is 204 g/mol. The average Bonchev–Trinajstić information content (AvgIpc) is 2.10. The first-order valence-electron chi connectivity index (χ1n) is 5.24. The number of rotatable bonds is 7. The zero-order valence-corrected chi connectivity index (χ0v) is 9.45. The lowest BCUT2D eigenvalue weighted by Gasteiger charge is -2.32. The van der Waals surface area contributed by atoms with Crippen LogP contribution < -0.4 is 11.1 Å². The van der Waals surface area contributed by atoms with Gasteiger partial charge in [0, 0.05) is 5.54 Å². The first kappa shape index (κ1) is 13.8. The molecule has 0 aliphatic carbocycles. The predicted molar refractivity (Wildman–Crippen MR) is 58.1 cm³/mol. The molecule has 0 bridgehead atoms. The molecular weight excluding hydrogens is 180 g/mol. The van der Waals surface area contributed by atoms with Crippen LogP contribution in [-0.2, 0) is 0 Å². The molecule has 0 aliphatic rings. The second kappa shape index (κ2) is 6.35. The number of hydrogen-bond acceptors (Lipinski definition) is 4. The minimum absolute atomic E-state index is 0.0918. The van der Waals surface area contributed by atoms with Crippen molar-refractivity contribution in [2.75, 3.05) is 13.2 Å². The van der Waals surface area contributed by atoms with Crippen molar-refractivity contribution in [1.29, 1.82) is 0 Å². The summed E-state index contributed by atoms with van der Waals surface area (Å²) in [5.41, 5.74) is 5.07. The van der Waals surface area contributed by atoms with Crippen molar-refractivity contribution in [2.45, 2.75) is 51.3 Å². The van der Waals surface area contributed by atoms with Crippen LogP contribution in [0.2, 0.25) is 0 Å². The number of unbranched alkanes of at least 4 members (excludes halogenated alkanes) is 1. The lowest BCUT2D eigenvalue weighted by molar-refractivity contribution is 0.0411. The van der Waals surface area contributed by atoms with Gasteiger partial charge in [0.1, 0.15) is 0 Å². The summed E-state index contributed by atoms with van der Waals surface area (Å²) in [4.78, 5) is 0. The predicted octanol–water partition coefficient (Wildman–Crippen LogP) is -0.165. The molecule has 0 saturated carbocycles. The molecule has 0 aromatic carbocycles. The summed E-state index contributed by atoms with van der Waals surface area (Å²) in [7, 11) is 0. The molecule has 0 amide bonds. The molecule has 0 saturated heterocycles. The molecule has 2 unspecified atom stereocenters. The normalized spacial score (nSPS) is 16.7. The fraction of sp³-hybridized carbons (Fsp3) is 1.00. The van der Waals surface area contributed by atoms with E-state index in [4.69, 9.17) is 10.8 Å². The topological polar surface area (TPSA) is 78.5 Å². The summed E-state index contributed by atoms with van der Waals surface area (Å²) < 4.78 is 0. The van der Waals surface area contributed by atoms with Crippen molar-refractivity contribution in [3.63, 3.8) is 0 Å². The fourth-order valence-corrected chi connectivity index (χ4v) is 1.26. The second-order valence-corrected chi connectivity index (χ2v) is 4.36. The van der Waals surface area contributed by atoms with Gasteiger partial charge in [0.05, 0.1) is 18.8 Å². The van der Waals surface area contributed by atoms with Gasteiger partial charge in [0.25, 0.3) is 0 Å². The molecule has 0 radical (unpaired) electrons. The molecular formula is C10H24N2O2. The van der Waals surface area contributed by atoms with E-state index in [1.165, 1.54) is 0 Å². The fourth-order valence-electron chi connectivity index (χ4n) is 1.26. The van der Waals surface area contributed by atoms with Crippen LogP contribution in [0.4, 0.5) is 0 Å². The summed E-state index contributed by atoms with van der Waals surface area (Å²) >= 11 is 0. The van der Waals surface area contributed by atoms with Crippen LogP contribution in [0.5, 0.6) is 0 Å². The van der Waals surface area contributed by atoms with E-state index in [0.717, 1.165) is 19.4 Å². The maximum atomic E-state index is 9.80. The van der Waals surface area contributed by atoms with Gasteiger partial charge in [-0.05, 0) is 26.8 Å². The van der Waals surface area contributed by atoms with Crippen molar-refractivity contribution in [2.24, 2.45) is 5.73 Å². The van der Waals surface area contributed by atoms with E-state index in [1.54, 1.807) is 13.8 Å². The van der Waals surface area contributed by atoms with E-state index >= 15 is 0 Å². The molecule has 0 spiro atoms. The minimum atomic E-state index is -0.732. The van der Waals surface area contributed by atoms with Gasteiger partial charge in [-0.25, -0.2) is 0 Å². The SMILES string of the molecule is CCCCNC(CO)C(O)C(C)(C)N. The van der Waals surface area contributed by atoms with Crippen LogP contribution in [0.15, 0.2) is 0 Å². The molecule has 0 heterocycles. The quantitative estimate of drug-likeness (QED) is 0.434. The number of nitrogens with two attached hydrogens (primary N) is 1. The Hall–Kier alpha value is -0.160. The maximum Gasteiger partial charge on any atom is 0.0889 e. The summed E-state index contributed by atoms with van der Waals surface area (Å²) in [6.07, 6.45) is 1.39. The first-order chi connectivity index (χ1) is 6.43. The molecule has 0 fully saturated rings. The van der Waals surface area contributed by atoms with E-state index in [2.05, 4.69) is 12.2 Å². The second-order valence-electron chi connectivity index (χ2n) is 4.36. The molecule has 4 heteroatoms. The Balaban J connectivity index is 3.99. The Morgan fingerprint density at radius 1 is 1.43 bits per heavy atom. The lowest BCUT2D eigenvalue weighted by Crippen LogP contribution is -2.57. The molecule has 0 aromatic rings. The highest BCUT2D eigenvalue weighted by Gasteiger charge is 2.29. The zero-order valence-electron chi connectivity index (χ0n) is 9.45. The first-order valence-corrected chi connectivity index (χ1v) is 5.24. The van der Waals surface area contributed by atoms with Crippen molar-refractivity contribution in [3.05, 3.63) is 0 Å². The van der Waals surface area contributed by atoms with Crippen LogP contribution in [0.3, 0.4) is 0 Å². The summed E-state index contributed by atoms with van der Waals surface area (Å²) in [5.74, 6) is 0. The molecule has 4 nitrogen and oxygen atoms in total. The Bertz CT molecular complexity index is 146. The van der Waals surface area contributed by atoms with Gasteiger partial charge in [-0.1, -0.05) is 13.3 Å². The van der Waals surface area contributed by atoms with E-state index in [1.807, 2.05) is 0 Å². The molecule has 5 N–H and O–H groups in total. The third-order valence-electron chi connectivity index (χ3n) is 2.28. The molecule has 0 aromatic heterocycles. The van der Waals surface area contributed by atoms with E-state index in [9.17, 15) is 5.11 Å². The minimum Gasteiger partial charge on any atom is -0.395 e. The standard InChI is InChI=1S/C10H24N2O2/c1-4-5-6-12-8(7-13)9(14)10(2,3)11/h8-9,12-14H,4-7,11H2,1-3H3.